The van der Waals surface area contributed by atoms with Crippen LogP contribution in [0.25, 0.3) is 10.9 Å². The molecule has 7 nitrogen and oxygen atoms in total. The fraction of sp³-hybridized carbons (Fsp3) is 0.381. The van der Waals surface area contributed by atoms with Gasteiger partial charge in [0.25, 0.3) is 0 Å². The van der Waals surface area contributed by atoms with Crippen LogP contribution in [-0.4, -0.2) is 55.7 Å². The summed E-state index contributed by atoms with van der Waals surface area (Å²) >= 11 is 1.68. The van der Waals surface area contributed by atoms with Crippen molar-refractivity contribution in [1.29, 1.82) is 0 Å². The fourth-order valence-corrected chi connectivity index (χ4v) is 5.72. The van der Waals surface area contributed by atoms with Crippen LogP contribution in [0.3, 0.4) is 0 Å². The second-order valence-corrected chi connectivity index (χ2v) is 10.6. The predicted octanol–water partition coefficient (Wildman–Crippen LogP) is 3.08. The fourth-order valence-electron chi connectivity index (χ4n) is 4.00. The molecule has 3 aromatic rings. The van der Waals surface area contributed by atoms with E-state index in [1.54, 1.807) is 11.3 Å². The molecule has 30 heavy (non-hydrogen) atoms. The predicted molar refractivity (Wildman–Crippen MR) is 120 cm³/mol. The zero-order valence-electron chi connectivity index (χ0n) is 16.8. The number of carbonyl (C=O) groups is 1. The normalized spacial score (nSPS) is 17.1. The van der Waals surface area contributed by atoms with Crippen molar-refractivity contribution in [3.8, 4) is 0 Å². The minimum Gasteiger partial charge on any atom is -0.361 e. The number of hydrogen-bond acceptors (Lipinski definition) is 4. The highest BCUT2D eigenvalue weighted by molar-refractivity contribution is 7.88. The lowest BCUT2D eigenvalue weighted by atomic mass is 9.97. The summed E-state index contributed by atoms with van der Waals surface area (Å²) in [4.78, 5) is 17.1. The summed E-state index contributed by atoms with van der Waals surface area (Å²) in [5.41, 5.74) is 2.24. The largest absolute Gasteiger partial charge is 0.361 e. The molecule has 4 rings (SSSR count). The molecule has 0 spiro atoms. The molecular formula is C21H26N4O3S2. The van der Waals surface area contributed by atoms with Crippen molar-refractivity contribution in [3.05, 3.63) is 58.4 Å². The summed E-state index contributed by atoms with van der Waals surface area (Å²) in [6, 6.07) is 12.1. The van der Waals surface area contributed by atoms with Crippen LogP contribution in [-0.2, 0) is 10.0 Å². The van der Waals surface area contributed by atoms with E-state index >= 15 is 0 Å². The molecule has 0 aliphatic carbocycles. The number of fused-ring (bicyclic) bond motifs is 1. The molecule has 1 atom stereocenters. The van der Waals surface area contributed by atoms with Crippen molar-refractivity contribution < 1.29 is 13.2 Å². The van der Waals surface area contributed by atoms with Gasteiger partial charge in [0.15, 0.2) is 0 Å². The molecule has 3 N–H and O–H groups in total. The maximum Gasteiger partial charge on any atom is 0.315 e. The Balaban J connectivity index is 1.40. The molecule has 160 valence electrons. The molecule has 0 bridgehead atoms. The van der Waals surface area contributed by atoms with Crippen molar-refractivity contribution in [2.75, 3.05) is 25.9 Å². The number of aromatic nitrogens is 1. The average molecular weight is 447 g/mol. The SMILES string of the molecule is CS(=O)(=O)N1CCC(NC(=O)NCC(c2cccs2)c2c[nH]c3ccccc23)CC1. The molecule has 3 heterocycles. The molecule has 0 radical (unpaired) electrons. The highest BCUT2D eigenvalue weighted by Crippen LogP contribution is 2.32. The van der Waals surface area contributed by atoms with Gasteiger partial charge >= 0.3 is 6.03 Å². The van der Waals surface area contributed by atoms with E-state index in [-0.39, 0.29) is 18.0 Å². The van der Waals surface area contributed by atoms with E-state index in [0.717, 1.165) is 16.5 Å². The molecule has 1 saturated heterocycles. The average Bonchev–Trinajstić information content (AvgIpc) is 3.39. The second kappa shape index (κ2) is 8.79. The van der Waals surface area contributed by atoms with E-state index in [1.807, 2.05) is 35.8 Å². The Hall–Kier alpha value is -2.36. The quantitative estimate of drug-likeness (QED) is 0.543. The van der Waals surface area contributed by atoms with E-state index in [2.05, 4.69) is 27.8 Å². The number of piperidine rings is 1. The summed E-state index contributed by atoms with van der Waals surface area (Å²) in [7, 11) is -3.16. The molecule has 1 aromatic carbocycles. The van der Waals surface area contributed by atoms with Gasteiger partial charge < -0.3 is 15.6 Å². The molecule has 9 heteroatoms. The van der Waals surface area contributed by atoms with Crippen LogP contribution in [0.5, 0.6) is 0 Å². The van der Waals surface area contributed by atoms with Gasteiger partial charge in [0.1, 0.15) is 0 Å². The van der Waals surface area contributed by atoms with Crippen LogP contribution in [0.1, 0.15) is 29.2 Å². The van der Waals surface area contributed by atoms with Gasteiger partial charge in [0.05, 0.1) is 6.26 Å². The molecule has 1 aliphatic heterocycles. The topological polar surface area (TPSA) is 94.3 Å². The maximum atomic E-state index is 12.5. The van der Waals surface area contributed by atoms with Gasteiger partial charge in [0, 0.05) is 53.6 Å². The van der Waals surface area contributed by atoms with Crippen LogP contribution in [0.4, 0.5) is 4.79 Å². The smallest absolute Gasteiger partial charge is 0.315 e. The Morgan fingerprint density at radius 3 is 2.70 bits per heavy atom. The van der Waals surface area contributed by atoms with Gasteiger partial charge in [-0.1, -0.05) is 24.3 Å². The van der Waals surface area contributed by atoms with E-state index in [0.29, 0.717) is 32.5 Å². The Kier molecular flexibility index (Phi) is 6.12. The number of thiophene rings is 1. The highest BCUT2D eigenvalue weighted by Gasteiger charge is 2.26. The minimum absolute atomic E-state index is 0.0173. The number of urea groups is 1. The minimum atomic E-state index is -3.16. The van der Waals surface area contributed by atoms with Crippen LogP contribution in [0.2, 0.25) is 0 Å². The van der Waals surface area contributed by atoms with E-state index < -0.39 is 10.0 Å². The molecule has 1 aliphatic rings. The van der Waals surface area contributed by atoms with Crippen molar-refractivity contribution in [1.82, 2.24) is 19.9 Å². The van der Waals surface area contributed by atoms with E-state index in [4.69, 9.17) is 0 Å². The Morgan fingerprint density at radius 1 is 1.23 bits per heavy atom. The maximum absolute atomic E-state index is 12.5. The summed E-state index contributed by atoms with van der Waals surface area (Å²) in [5, 5.41) is 9.23. The van der Waals surface area contributed by atoms with Gasteiger partial charge in [-0.05, 0) is 35.9 Å². The number of amides is 2. The van der Waals surface area contributed by atoms with E-state index in [1.165, 1.54) is 15.4 Å². The zero-order chi connectivity index (χ0) is 21.1. The number of sulfonamides is 1. The van der Waals surface area contributed by atoms with Gasteiger partial charge in [0.2, 0.25) is 10.0 Å². The Bertz CT molecular complexity index is 1100. The summed E-state index contributed by atoms with van der Waals surface area (Å²) in [6.45, 7) is 1.37. The first-order chi connectivity index (χ1) is 14.4. The highest BCUT2D eigenvalue weighted by atomic mass is 32.2. The van der Waals surface area contributed by atoms with E-state index in [9.17, 15) is 13.2 Å². The molecule has 1 unspecified atom stereocenters. The van der Waals surface area contributed by atoms with Crippen molar-refractivity contribution in [2.45, 2.75) is 24.8 Å². The summed E-state index contributed by atoms with van der Waals surface area (Å²) < 4.78 is 24.7. The number of aromatic amines is 1. The number of carbonyl (C=O) groups excluding carboxylic acids is 1. The van der Waals surface area contributed by atoms with Gasteiger partial charge in [-0.25, -0.2) is 17.5 Å². The first-order valence-electron chi connectivity index (χ1n) is 10.0. The number of H-pyrrole nitrogens is 1. The van der Waals surface area contributed by atoms with Crippen molar-refractivity contribution in [2.24, 2.45) is 0 Å². The first kappa shape index (κ1) is 20.9. The lowest BCUT2D eigenvalue weighted by molar-refractivity contribution is 0.227. The number of rotatable bonds is 6. The van der Waals surface area contributed by atoms with Gasteiger partial charge in [-0.15, -0.1) is 11.3 Å². The molecule has 1 fully saturated rings. The molecular weight excluding hydrogens is 420 g/mol. The third kappa shape index (κ3) is 4.69. The van der Waals surface area contributed by atoms with Crippen molar-refractivity contribution >= 4 is 38.3 Å². The van der Waals surface area contributed by atoms with Gasteiger partial charge in [-0.3, -0.25) is 0 Å². The first-order valence-corrected chi connectivity index (χ1v) is 12.7. The zero-order valence-corrected chi connectivity index (χ0v) is 18.4. The van der Waals surface area contributed by atoms with Crippen LogP contribution in [0.15, 0.2) is 48.0 Å². The lowest BCUT2D eigenvalue weighted by Gasteiger charge is -2.30. The van der Waals surface area contributed by atoms with Crippen LogP contribution >= 0.6 is 11.3 Å². The number of hydrogen-bond donors (Lipinski definition) is 3. The molecule has 2 amide bonds. The van der Waals surface area contributed by atoms with Crippen molar-refractivity contribution in [3.63, 3.8) is 0 Å². The summed E-state index contributed by atoms with van der Waals surface area (Å²) in [6.07, 6.45) is 4.49. The van der Waals surface area contributed by atoms with Gasteiger partial charge in [-0.2, -0.15) is 0 Å². The van der Waals surface area contributed by atoms with Crippen LogP contribution < -0.4 is 10.6 Å². The second-order valence-electron chi connectivity index (χ2n) is 7.65. The standard InChI is InChI=1S/C21H26N4O3S2/c1-30(27,28)25-10-8-15(9-11-25)24-21(26)23-14-18(20-7-4-12-29-20)17-13-22-19-6-3-2-5-16(17)19/h2-7,12-13,15,18,22H,8-11,14H2,1H3,(H2,23,24,26). The van der Waals surface area contributed by atoms with Crippen LogP contribution in [0, 0.1) is 0 Å². The monoisotopic (exact) mass is 446 g/mol. The number of benzene rings is 1. The molecule has 0 saturated carbocycles. The number of nitrogens with zero attached hydrogens (tertiary/aromatic N) is 1. The number of nitrogens with one attached hydrogen (secondary N) is 3. The Labute approximate surface area is 180 Å². The number of para-hydroxylation sites is 1. The summed E-state index contributed by atoms with van der Waals surface area (Å²) in [5.74, 6) is 0.0546. The Morgan fingerprint density at radius 2 is 2.00 bits per heavy atom. The third-order valence-electron chi connectivity index (χ3n) is 5.61. The third-order valence-corrected chi connectivity index (χ3v) is 7.90. The molecule has 2 aromatic heterocycles. The lowest BCUT2D eigenvalue weighted by Crippen LogP contribution is -2.49.